The van der Waals surface area contributed by atoms with E-state index >= 15 is 0 Å². The highest BCUT2D eigenvalue weighted by Gasteiger charge is 2.04. The summed E-state index contributed by atoms with van der Waals surface area (Å²) in [5.74, 6) is 0.891. The van der Waals surface area contributed by atoms with Crippen LogP contribution in [-0.2, 0) is 0 Å². The van der Waals surface area contributed by atoms with Crippen LogP contribution in [0.4, 0.5) is 11.4 Å². The highest BCUT2D eigenvalue weighted by atomic mass is 16.5. The van der Waals surface area contributed by atoms with Crippen molar-refractivity contribution < 1.29 is 4.74 Å². The van der Waals surface area contributed by atoms with Crippen LogP contribution in [0.3, 0.4) is 0 Å². The normalized spacial score (nSPS) is 10.6. The second kappa shape index (κ2) is 11.3. The van der Waals surface area contributed by atoms with E-state index in [0.717, 1.165) is 36.7 Å². The first-order valence-electron chi connectivity index (χ1n) is 8.54. The zero-order chi connectivity index (χ0) is 15.3. The predicted molar refractivity (Wildman–Crippen MR) is 93.1 cm³/mol. The Kier molecular flexibility index (Phi) is 9.51. The molecule has 0 saturated heterocycles. The monoisotopic (exact) mass is 292 g/mol. The van der Waals surface area contributed by atoms with Gasteiger partial charge in [-0.2, -0.15) is 0 Å². The summed E-state index contributed by atoms with van der Waals surface area (Å²) in [5, 5.41) is 3.47. The molecule has 0 unspecified atom stereocenters. The van der Waals surface area contributed by atoms with Gasteiger partial charge in [-0.3, -0.25) is 0 Å². The maximum Gasteiger partial charge on any atom is 0.144 e. The van der Waals surface area contributed by atoms with E-state index in [1.165, 1.54) is 44.9 Å². The van der Waals surface area contributed by atoms with E-state index in [4.69, 9.17) is 10.5 Å². The molecule has 0 aliphatic carbocycles. The highest BCUT2D eigenvalue weighted by molar-refractivity contribution is 5.62. The van der Waals surface area contributed by atoms with Crippen LogP contribution in [0.15, 0.2) is 18.2 Å². The lowest BCUT2D eigenvalue weighted by Gasteiger charge is -2.14. The third kappa shape index (κ3) is 7.84. The number of anilines is 2. The Bertz CT molecular complexity index is 379. The number of ether oxygens (including phenoxy) is 1. The third-order valence-corrected chi connectivity index (χ3v) is 3.61. The minimum Gasteiger partial charge on any atom is -0.491 e. The summed E-state index contributed by atoms with van der Waals surface area (Å²) >= 11 is 0. The van der Waals surface area contributed by atoms with Gasteiger partial charge >= 0.3 is 0 Å². The molecule has 0 atom stereocenters. The van der Waals surface area contributed by atoms with Crippen LogP contribution in [-0.4, -0.2) is 13.2 Å². The quantitative estimate of drug-likeness (QED) is 0.410. The van der Waals surface area contributed by atoms with Crippen molar-refractivity contribution in [2.45, 2.75) is 65.2 Å². The summed E-state index contributed by atoms with van der Waals surface area (Å²) in [7, 11) is 0. The zero-order valence-electron chi connectivity index (χ0n) is 13.8. The number of nitrogens with one attached hydrogen (secondary N) is 1. The van der Waals surface area contributed by atoms with Gasteiger partial charge < -0.3 is 15.8 Å². The van der Waals surface area contributed by atoms with Crippen molar-refractivity contribution >= 4 is 11.4 Å². The molecule has 0 heterocycles. The summed E-state index contributed by atoms with van der Waals surface area (Å²) in [5.41, 5.74) is 7.69. The van der Waals surface area contributed by atoms with Gasteiger partial charge in [-0.15, -0.1) is 0 Å². The Morgan fingerprint density at radius 2 is 1.67 bits per heavy atom. The molecule has 0 radical (unpaired) electrons. The summed E-state index contributed by atoms with van der Waals surface area (Å²) in [6.45, 7) is 6.22. The van der Waals surface area contributed by atoms with Gasteiger partial charge in [0.05, 0.1) is 12.3 Å². The van der Waals surface area contributed by atoms with Crippen molar-refractivity contribution in [2.24, 2.45) is 0 Å². The number of nitrogen functional groups attached to an aromatic ring is 1. The summed E-state index contributed by atoms with van der Waals surface area (Å²) in [6, 6.07) is 5.88. The average molecular weight is 292 g/mol. The van der Waals surface area contributed by atoms with E-state index in [2.05, 4.69) is 19.2 Å². The molecule has 0 bridgehead atoms. The zero-order valence-corrected chi connectivity index (χ0v) is 13.8. The van der Waals surface area contributed by atoms with Crippen LogP contribution in [0.2, 0.25) is 0 Å². The first-order valence-corrected chi connectivity index (χ1v) is 8.54. The van der Waals surface area contributed by atoms with E-state index in [0.29, 0.717) is 0 Å². The minimum absolute atomic E-state index is 0.759. The molecule has 1 aromatic carbocycles. The van der Waals surface area contributed by atoms with Gasteiger partial charge in [-0.05, 0) is 25.0 Å². The fraction of sp³-hybridized carbons (Fsp3) is 0.667. The first-order chi connectivity index (χ1) is 10.3. The number of rotatable bonds is 12. The molecule has 3 N–H and O–H groups in total. The van der Waals surface area contributed by atoms with Gasteiger partial charge in [0, 0.05) is 18.3 Å². The molecule has 1 aromatic rings. The van der Waals surface area contributed by atoms with Gasteiger partial charge in [0.1, 0.15) is 5.75 Å². The molecule has 0 aromatic heterocycles. The van der Waals surface area contributed by atoms with E-state index in [9.17, 15) is 0 Å². The van der Waals surface area contributed by atoms with Crippen LogP contribution in [0.1, 0.15) is 65.2 Å². The smallest absolute Gasteiger partial charge is 0.144 e. The van der Waals surface area contributed by atoms with Crippen molar-refractivity contribution in [3.05, 3.63) is 18.2 Å². The number of unbranched alkanes of at least 4 members (excludes halogenated alkanes) is 6. The van der Waals surface area contributed by atoms with Crippen LogP contribution in [0, 0.1) is 0 Å². The van der Waals surface area contributed by atoms with Crippen molar-refractivity contribution in [3.63, 3.8) is 0 Å². The number of hydrogen-bond acceptors (Lipinski definition) is 3. The largest absolute Gasteiger partial charge is 0.491 e. The van der Waals surface area contributed by atoms with Gasteiger partial charge in [-0.25, -0.2) is 0 Å². The van der Waals surface area contributed by atoms with Crippen molar-refractivity contribution in [1.82, 2.24) is 0 Å². The van der Waals surface area contributed by atoms with Gasteiger partial charge in [0.25, 0.3) is 0 Å². The standard InChI is InChI=1S/C18H32N2O/c1-3-5-7-9-13-20-17-12-11-16(19)15-18(17)21-14-10-8-6-4-2/h11-12,15,20H,3-10,13-14,19H2,1-2H3. The fourth-order valence-electron chi connectivity index (χ4n) is 2.29. The maximum atomic E-state index is 5.90. The van der Waals surface area contributed by atoms with E-state index in [1.54, 1.807) is 0 Å². The number of nitrogens with two attached hydrogens (primary N) is 1. The Hall–Kier alpha value is -1.38. The molecule has 0 amide bonds. The molecule has 3 heteroatoms. The molecule has 0 spiro atoms. The molecule has 3 nitrogen and oxygen atoms in total. The maximum absolute atomic E-state index is 5.90. The Morgan fingerprint density at radius 1 is 0.952 bits per heavy atom. The molecule has 0 fully saturated rings. The average Bonchev–Trinajstić information content (AvgIpc) is 2.48. The van der Waals surface area contributed by atoms with Crippen LogP contribution >= 0.6 is 0 Å². The van der Waals surface area contributed by atoms with Gasteiger partial charge in [-0.1, -0.05) is 52.4 Å². The Morgan fingerprint density at radius 3 is 2.38 bits per heavy atom. The van der Waals surface area contributed by atoms with Crippen LogP contribution in [0.25, 0.3) is 0 Å². The van der Waals surface area contributed by atoms with Crippen molar-refractivity contribution in [1.29, 1.82) is 0 Å². The van der Waals surface area contributed by atoms with Crippen LogP contribution in [0.5, 0.6) is 5.75 Å². The lowest BCUT2D eigenvalue weighted by Crippen LogP contribution is -2.06. The predicted octanol–water partition coefficient (Wildman–Crippen LogP) is 5.22. The minimum atomic E-state index is 0.759. The summed E-state index contributed by atoms with van der Waals surface area (Å²) in [4.78, 5) is 0. The lowest BCUT2D eigenvalue weighted by atomic mass is 10.2. The van der Waals surface area contributed by atoms with E-state index < -0.39 is 0 Å². The third-order valence-electron chi connectivity index (χ3n) is 3.61. The molecule has 120 valence electrons. The summed E-state index contributed by atoms with van der Waals surface area (Å²) < 4.78 is 5.90. The Labute approximate surface area is 130 Å². The Balaban J connectivity index is 2.39. The van der Waals surface area contributed by atoms with E-state index in [-0.39, 0.29) is 0 Å². The highest BCUT2D eigenvalue weighted by Crippen LogP contribution is 2.27. The number of hydrogen-bond donors (Lipinski definition) is 2. The van der Waals surface area contributed by atoms with Crippen molar-refractivity contribution in [2.75, 3.05) is 24.2 Å². The fourth-order valence-corrected chi connectivity index (χ4v) is 2.29. The SMILES string of the molecule is CCCCCCNc1ccc(N)cc1OCCCCCC. The summed E-state index contributed by atoms with van der Waals surface area (Å²) in [6.07, 6.45) is 9.95. The first kappa shape index (κ1) is 17.7. The lowest BCUT2D eigenvalue weighted by molar-refractivity contribution is 0.306. The molecule has 21 heavy (non-hydrogen) atoms. The van der Waals surface area contributed by atoms with E-state index in [1.807, 2.05) is 18.2 Å². The molecule has 1 rings (SSSR count). The van der Waals surface area contributed by atoms with Gasteiger partial charge in [0.15, 0.2) is 0 Å². The molecule has 0 aliphatic heterocycles. The molecule has 0 aliphatic rings. The topological polar surface area (TPSA) is 47.3 Å². The molecular weight excluding hydrogens is 260 g/mol. The number of benzene rings is 1. The molecule has 0 saturated carbocycles. The molecular formula is C18H32N2O. The van der Waals surface area contributed by atoms with Crippen molar-refractivity contribution in [3.8, 4) is 5.75 Å². The second-order valence-electron chi connectivity index (χ2n) is 5.65. The second-order valence-corrected chi connectivity index (χ2v) is 5.65. The van der Waals surface area contributed by atoms with Gasteiger partial charge in [0.2, 0.25) is 0 Å². The van der Waals surface area contributed by atoms with Crippen LogP contribution < -0.4 is 15.8 Å².